The van der Waals surface area contributed by atoms with E-state index in [1.807, 2.05) is 30.3 Å². The molecule has 152 valence electrons. The minimum absolute atomic E-state index is 0. The van der Waals surface area contributed by atoms with Gasteiger partial charge >= 0.3 is 6.09 Å². The summed E-state index contributed by atoms with van der Waals surface area (Å²) in [4.78, 5) is 17.9. The molecule has 0 bridgehead atoms. The lowest BCUT2D eigenvalue weighted by Gasteiger charge is -2.31. The van der Waals surface area contributed by atoms with E-state index in [1.54, 1.807) is 15.9 Å². The number of carbonyl (C=O) groups is 1. The number of rotatable bonds is 4. The van der Waals surface area contributed by atoms with E-state index in [4.69, 9.17) is 4.74 Å². The van der Waals surface area contributed by atoms with Crippen molar-refractivity contribution in [1.29, 1.82) is 0 Å². The van der Waals surface area contributed by atoms with Crippen LogP contribution in [0.3, 0.4) is 0 Å². The molecular formula is C22H27N5O2. The molecule has 1 amide bonds. The molecule has 1 saturated heterocycles. The van der Waals surface area contributed by atoms with Gasteiger partial charge in [0.1, 0.15) is 6.33 Å². The number of hydrogen-bond acceptors (Lipinski definition) is 5. The Bertz CT molecular complexity index is 984. The lowest BCUT2D eigenvalue weighted by molar-refractivity contribution is 0.112. The zero-order chi connectivity index (χ0) is 20.2. The van der Waals surface area contributed by atoms with Crippen molar-refractivity contribution in [3.63, 3.8) is 0 Å². The average Bonchev–Trinajstić information content (AvgIpc) is 3.22. The largest absolute Gasteiger partial charge is 0.453 e. The second kappa shape index (κ2) is 8.34. The molecular weight excluding hydrogens is 366 g/mol. The van der Waals surface area contributed by atoms with Gasteiger partial charge in [-0.2, -0.15) is 4.98 Å². The fourth-order valence-electron chi connectivity index (χ4n) is 3.80. The van der Waals surface area contributed by atoms with Gasteiger partial charge in [-0.25, -0.2) is 9.48 Å². The van der Waals surface area contributed by atoms with E-state index >= 15 is 0 Å². The number of likely N-dealkylation sites (tertiary alicyclic amines) is 1. The Morgan fingerprint density at radius 1 is 1.17 bits per heavy atom. The van der Waals surface area contributed by atoms with Gasteiger partial charge in [0.25, 0.3) is 0 Å². The van der Waals surface area contributed by atoms with Crippen molar-refractivity contribution in [2.24, 2.45) is 0 Å². The van der Waals surface area contributed by atoms with E-state index in [0.29, 0.717) is 11.9 Å². The summed E-state index contributed by atoms with van der Waals surface area (Å²) < 4.78 is 6.58. The third kappa shape index (κ3) is 4.39. The van der Waals surface area contributed by atoms with Crippen molar-refractivity contribution < 1.29 is 11.0 Å². The Morgan fingerprint density at radius 3 is 2.66 bits per heavy atom. The molecule has 0 atom stereocenters. The molecule has 2 aromatic carbocycles. The summed E-state index contributed by atoms with van der Waals surface area (Å²) >= 11 is 0. The Balaban J connectivity index is 0.00000256. The van der Waals surface area contributed by atoms with E-state index in [0.717, 1.165) is 37.3 Å². The summed E-state index contributed by atoms with van der Waals surface area (Å²) in [6, 6.07) is 16.4. The first-order valence-electron chi connectivity index (χ1n) is 9.81. The normalized spacial score (nSPS) is 14.6. The lowest BCUT2D eigenvalue weighted by atomic mass is 9.88. The number of aryl methyl sites for hydroxylation is 1. The number of amides is 1. The molecule has 1 fully saturated rings. The van der Waals surface area contributed by atoms with Gasteiger partial charge < -0.3 is 15.0 Å². The number of ether oxygens (including phenoxy) is 1. The van der Waals surface area contributed by atoms with Gasteiger partial charge in [0.05, 0.1) is 12.8 Å². The minimum Gasteiger partial charge on any atom is -0.453 e. The molecule has 0 unspecified atom stereocenters. The highest BCUT2D eigenvalue weighted by Gasteiger charge is 2.24. The summed E-state index contributed by atoms with van der Waals surface area (Å²) in [5.41, 5.74) is 4.40. The summed E-state index contributed by atoms with van der Waals surface area (Å²) in [6.45, 7) is 3.53. The topological polar surface area (TPSA) is 72.3 Å². The van der Waals surface area contributed by atoms with E-state index in [1.165, 1.54) is 18.2 Å². The number of anilines is 2. The average molecular weight is 393 g/mol. The molecule has 0 aliphatic carbocycles. The molecule has 1 aliphatic rings. The van der Waals surface area contributed by atoms with Gasteiger partial charge in [0.2, 0.25) is 5.95 Å². The molecule has 4 rings (SSSR count). The summed E-state index contributed by atoms with van der Waals surface area (Å²) in [5.74, 6) is 0.983. The van der Waals surface area contributed by atoms with Crippen molar-refractivity contribution in [3.8, 4) is 5.69 Å². The van der Waals surface area contributed by atoms with Crippen molar-refractivity contribution >= 4 is 17.7 Å². The van der Waals surface area contributed by atoms with E-state index in [9.17, 15) is 4.79 Å². The number of hydrogen-bond donors (Lipinski definition) is 1. The van der Waals surface area contributed by atoms with Crippen LogP contribution in [0.4, 0.5) is 16.4 Å². The Labute approximate surface area is 171 Å². The van der Waals surface area contributed by atoms with Gasteiger partial charge in [-0.3, -0.25) is 0 Å². The minimum atomic E-state index is -0.241. The van der Waals surface area contributed by atoms with Crippen molar-refractivity contribution in [2.45, 2.75) is 25.7 Å². The monoisotopic (exact) mass is 393 g/mol. The second-order valence-electron chi connectivity index (χ2n) is 7.34. The Hall–Kier alpha value is -3.35. The highest BCUT2D eigenvalue weighted by atomic mass is 16.5. The molecule has 0 saturated carbocycles. The van der Waals surface area contributed by atoms with Crippen LogP contribution >= 0.6 is 0 Å². The van der Waals surface area contributed by atoms with Gasteiger partial charge in [0.15, 0.2) is 0 Å². The number of methoxy groups -OCH3 is 1. The molecule has 7 nitrogen and oxygen atoms in total. The molecule has 1 aromatic heterocycles. The van der Waals surface area contributed by atoms with Gasteiger partial charge in [-0.05, 0) is 61.1 Å². The number of nitrogens with one attached hydrogen (secondary N) is 1. The third-order valence-electron chi connectivity index (χ3n) is 5.27. The van der Waals surface area contributed by atoms with Gasteiger partial charge in [0, 0.05) is 20.2 Å². The number of nitrogens with zero attached hydrogens (tertiary/aromatic N) is 4. The highest BCUT2D eigenvalue weighted by Crippen LogP contribution is 2.31. The van der Waals surface area contributed by atoms with Crippen LogP contribution in [-0.2, 0) is 4.74 Å². The van der Waals surface area contributed by atoms with E-state index in [2.05, 4.69) is 40.5 Å². The van der Waals surface area contributed by atoms with Crippen LogP contribution in [0.2, 0.25) is 0 Å². The summed E-state index contributed by atoms with van der Waals surface area (Å²) in [5, 5.41) is 7.85. The van der Waals surface area contributed by atoms with Crippen LogP contribution in [-0.4, -0.2) is 46.0 Å². The summed E-state index contributed by atoms with van der Waals surface area (Å²) in [6.07, 6.45) is 3.32. The standard InChI is InChI=1S/C22H25N5O2.H2/c1-16-12-18(17-8-10-26(11-9-17)22(28)29-2)14-19(13-16)24-21-23-15-27(25-21)20-6-4-3-5-7-20;/h3-7,12-15,17H,8-11H2,1-2H3,(H,24,25);1H. The van der Waals surface area contributed by atoms with Crippen LogP contribution in [0.5, 0.6) is 0 Å². The molecule has 29 heavy (non-hydrogen) atoms. The first-order chi connectivity index (χ1) is 14.1. The first-order valence-corrected chi connectivity index (χ1v) is 9.81. The van der Waals surface area contributed by atoms with Gasteiger partial charge in [-0.15, -0.1) is 5.10 Å². The van der Waals surface area contributed by atoms with E-state index < -0.39 is 0 Å². The van der Waals surface area contributed by atoms with Crippen LogP contribution in [0.25, 0.3) is 5.69 Å². The van der Waals surface area contributed by atoms with Crippen LogP contribution in [0.15, 0.2) is 54.9 Å². The predicted molar refractivity (Wildman–Crippen MR) is 114 cm³/mol. The number of piperidine rings is 1. The lowest BCUT2D eigenvalue weighted by Crippen LogP contribution is -2.37. The van der Waals surface area contributed by atoms with Crippen molar-refractivity contribution in [3.05, 3.63) is 66.0 Å². The molecule has 7 heteroatoms. The maximum atomic E-state index is 11.7. The molecule has 3 aromatic rings. The van der Waals surface area contributed by atoms with Crippen LogP contribution < -0.4 is 5.32 Å². The summed E-state index contributed by atoms with van der Waals surface area (Å²) in [7, 11) is 1.43. The maximum absolute atomic E-state index is 11.7. The number of benzene rings is 2. The zero-order valence-corrected chi connectivity index (χ0v) is 16.7. The van der Waals surface area contributed by atoms with Crippen LogP contribution in [0, 0.1) is 6.92 Å². The molecule has 2 heterocycles. The SMILES string of the molecule is COC(=O)N1CCC(c2cc(C)cc(Nc3ncn(-c4ccccc4)n3)c2)CC1.[HH]. The number of carbonyl (C=O) groups excluding carboxylic acids is 1. The maximum Gasteiger partial charge on any atom is 0.409 e. The van der Waals surface area contributed by atoms with Gasteiger partial charge in [-0.1, -0.05) is 24.3 Å². The second-order valence-corrected chi connectivity index (χ2v) is 7.34. The smallest absolute Gasteiger partial charge is 0.409 e. The fraction of sp³-hybridized carbons (Fsp3) is 0.318. The Morgan fingerprint density at radius 2 is 1.93 bits per heavy atom. The predicted octanol–water partition coefficient (Wildman–Crippen LogP) is 4.51. The zero-order valence-electron chi connectivity index (χ0n) is 16.7. The third-order valence-corrected chi connectivity index (χ3v) is 5.27. The number of para-hydroxylation sites is 1. The molecule has 1 N–H and O–H groups in total. The molecule has 1 aliphatic heterocycles. The quantitative estimate of drug-likeness (QED) is 0.706. The molecule has 0 spiro atoms. The van der Waals surface area contributed by atoms with E-state index in [-0.39, 0.29) is 7.52 Å². The van der Waals surface area contributed by atoms with Crippen molar-refractivity contribution in [1.82, 2.24) is 19.7 Å². The first kappa shape index (κ1) is 19.0. The van der Waals surface area contributed by atoms with Crippen molar-refractivity contribution in [2.75, 3.05) is 25.5 Å². The molecule has 0 radical (unpaired) electrons. The highest BCUT2D eigenvalue weighted by molar-refractivity contribution is 5.67. The fourth-order valence-corrected chi connectivity index (χ4v) is 3.80. The Kier molecular flexibility index (Phi) is 5.46. The number of aromatic nitrogens is 3. The van der Waals surface area contributed by atoms with Crippen LogP contribution in [0.1, 0.15) is 31.3 Å².